The average Bonchev–Trinajstić information content (AvgIpc) is 3.09. The lowest BCUT2D eigenvalue weighted by Crippen LogP contribution is -2.40. The van der Waals surface area contributed by atoms with Crippen LogP contribution in [-0.2, 0) is 4.79 Å². The first-order valence-electron chi connectivity index (χ1n) is 8.66. The van der Waals surface area contributed by atoms with Crippen molar-refractivity contribution in [3.05, 3.63) is 36.1 Å². The molecule has 0 bridgehead atoms. The molecule has 8 heteroatoms. The highest BCUT2D eigenvalue weighted by molar-refractivity contribution is 5.97. The highest BCUT2D eigenvalue weighted by Crippen LogP contribution is 2.59. The molecule has 1 aliphatic heterocycles. The first-order valence-corrected chi connectivity index (χ1v) is 8.66. The van der Waals surface area contributed by atoms with Gasteiger partial charge in [0.05, 0.1) is 0 Å². The topological polar surface area (TPSA) is 109 Å². The molecule has 4 rings (SSSR count). The van der Waals surface area contributed by atoms with Crippen molar-refractivity contribution in [2.75, 3.05) is 19.6 Å². The number of carbonyl (C=O) groups excluding carboxylic acids is 2. The minimum Gasteiger partial charge on any atom is -0.503 e. The molecule has 1 aromatic heterocycles. The third-order valence-corrected chi connectivity index (χ3v) is 5.68. The zero-order valence-corrected chi connectivity index (χ0v) is 14.3. The lowest BCUT2D eigenvalue weighted by Gasteiger charge is -2.33. The van der Waals surface area contributed by atoms with E-state index in [1.54, 1.807) is 18.2 Å². The zero-order chi connectivity index (χ0) is 18.3. The second-order valence-electron chi connectivity index (χ2n) is 7.18. The van der Waals surface area contributed by atoms with Crippen LogP contribution in [-0.4, -0.2) is 51.8 Å². The SMILES string of the molecule is C=C(O)C(=O)NCC1CC12CCN(C(=O)c1ccc3nonc3c1)CC2. The molecule has 2 N–H and O–H groups in total. The molecule has 2 aliphatic rings. The molecule has 1 spiro atoms. The van der Waals surface area contributed by atoms with E-state index in [2.05, 4.69) is 26.8 Å². The molecule has 26 heavy (non-hydrogen) atoms. The second kappa shape index (κ2) is 6.12. The Bertz CT molecular complexity index is 882. The van der Waals surface area contributed by atoms with Crippen LogP contribution in [0, 0.1) is 11.3 Å². The number of carbonyl (C=O) groups is 2. The van der Waals surface area contributed by atoms with Crippen molar-refractivity contribution in [1.29, 1.82) is 0 Å². The summed E-state index contributed by atoms with van der Waals surface area (Å²) in [6, 6.07) is 5.19. The molecule has 2 fully saturated rings. The quantitative estimate of drug-likeness (QED) is 0.637. The second-order valence-corrected chi connectivity index (χ2v) is 7.18. The Hall–Kier alpha value is -2.90. The summed E-state index contributed by atoms with van der Waals surface area (Å²) in [6.07, 6.45) is 2.89. The van der Waals surface area contributed by atoms with E-state index in [-0.39, 0.29) is 11.3 Å². The Morgan fingerprint density at radius 1 is 1.31 bits per heavy atom. The summed E-state index contributed by atoms with van der Waals surface area (Å²) in [5.74, 6) is -0.579. The van der Waals surface area contributed by atoms with Gasteiger partial charge in [-0.3, -0.25) is 9.59 Å². The number of amides is 2. The Morgan fingerprint density at radius 3 is 2.77 bits per heavy atom. The number of hydrogen-bond acceptors (Lipinski definition) is 6. The molecule has 1 saturated carbocycles. The fourth-order valence-corrected chi connectivity index (χ4v) is 3.90. The van der Waals surface area contributed by atoms with E-state index in [0.717, 1.165) is 19.3 Å². The van der Waals surface area contributed by atoms with Crippen LogP contribution in [0.25, 0.3) is 11.0 Å². The minimum atomic E-state index is -0.516. The van der Waals surface area contributed by atoms with Crippen molar-refractivity contribution < 1.29 is 19.3 Å². The molecule has 1 aromatic carbocycles. The number of fused-ring (bicyclic) bond motifs is 1. The number of aliphatic hydroxyl groups excluding tert-OH is 1. The summed E-state index contributed by atoms with van der Waals surface area (Å²) in [4.78, 5) is 26.0. The molecule has 136 valence electrons. The van der Waals surface area contributed by atoms with Crippen molar-refractivity contribution in [3.8, 4) is 0 Å². The van der Waals surface area contributed by atoms with Gasteiger partial charge in [0.15, 0.2) is 5.76 Å². The Morgan fingerprint density at radius 2 is 2.04 bits per heavy atom. The fourth-order valence-electron chi connectivity index (χ4n) is 3.90. The molecule has 0 radical (unpaired) electrons. The minimum absolute atomic E-state index is 0.00756. The number of nitrogens with one attached hydrogen (secondary N) is 1. The summed E-state index contributed by atoms with van der Waals surface area (Å²) in [5.41, 5.74) is 2.01. The number of nitrogens with zero attached hydrogens (tertiary/aromatic N) is 3. The van der Waals surface area contributed by atoms with Crippen LogP contribution in [0.2, 0.25) is 0 Å². The number of benzene rings is 1. The number of likely N-dealkylation sites (tertiary alicyclic amines) is 1. The van der Waals surface area contributed by atoms with Gasteiger partial charge < -0.3 is 15.3 Å². The molecule has 1 saturated heterocycles. The van der Waals surface area contributed by atoms with E-state index in [1.807, 2.05) is 4.90 Å². The van der Waals surface area contributed by atoms with Gasteiger partial charge in [0.2, 0.25) is 0 Å². The monoisotopic (exact) mass is 356 g/mol. The molecular weight excluding hydrogens is 336 g/mol. The number of hydrogen-bond donors (Lipinski definition) is 2. The summed E-state index contributed by atoms with van der Waals surface area (Å²) >= 11 is 0. The van der Waals surface area contributed by atoms with Gasteiger partial charge in [-0.1, -0.05) is 6.58 Å². The van der Waals surface area contributed by atoms with E-state index in [9.17, 15) is 9.59 Å². The standard InChI is InChI=1S/C18H20N4O4/c1-11(23)16(24)19-10-13-9-18(13)4-6-22(7-5-18)17(25)12-2-3-14-15(8-12)21-26-20-14/h2-3,8,13,23H,1,4-7,9-10H2,(H,19,24). The number of aliphatic hydroxyl groups is 1. The maximum Gasteiger partial charge on any atom is 0.285 e. The van der Waals surface area contributed by atoms with Gasteiger partial charge in [-0.2, -0.15) is 0 Å². The van der Waals surface area contributed by atoms with Crippen LogP contribution >= 0.6 is 0 Å². The number of piperidine rings is 1. The van der Waals surface area contributed by atoms with Crippen LogP contribution in [0.5, 0.6) is 0 Å². The molecule has 2 aromatic rings. The Balaban J connectivity index is 1.33. The smallest absolute Gasteiger partial charge is 0.285 e. The molecule has 1 atom stereocenters. The largest absolute Gasteiger partial charge is 0.503 e. The van der Waals surface area contributed by atoms with Gasteiger partial charge in [-0.05, 0) is 59.1 Å². The lowest BCUT2D eigenvalue weighted by atomic mass is 9.90. The van der Waals surface area contributed by atoms with Gasteiger partial charge in [0.25, 0.3) is 11.8 Å². The molecular formula is C18H20N4O4. The first kappa shape index (κ1) is 16.6. The predicted molar refractivity (Wildman–Crippen MR) is 92.3 cm³/mol. The summed E-state index contributed by atoms with van der Waals surface area (Å²) in [5, 5.41) is 19.3. The van der Waals surface area contributed by atoms with Crippen LogP contribution in [0.15, 0.2) is 35.2 Å². The van der Waals surface area contributed by atoms with Gasteiger partial charge >= 0.3 is 0 Å². The van der Waals surface area contributed by atoms with Crippen molar-refractivity contribution in [2.45, 2.75) is 19.3 Å². The third-order valence-electron chi connectivity index (χ3n) is 5.68. The summed E-state index contributed by atoms with van der Waals surface area (Å²) < 4.78 is 4.67. The van der Waals surface area contributed by atoms with Crippen LogP contribution < -0.4 is 5.32 Å². The summed E-state index contributed by atoms with van der Waals surface area (Å²) in [7, 11) is 0. The average molecular weight is 356 g/mol. The zero-order valence-electron chi connectivity index (χ0n) is 14.3. The van der Waals surface area contributed by atoms with Crippen molar-refractivity contribution in [2.24, 2.45) is 11.3 Å². The van der Waals surface area contributed by atoms with E-state index in [1.165, 1.54) is 0 Å². The highest BCUT2D eigenvalue weighted by atomic mass is 16.6. The molecule has 8 nitrogen and oxygen atoms in total. The van der Waals surface area contributed by atoms with E-state index >= 15 is 0 Å². The van der Waals surface area contributed by atoms with Gasteiger partial charge in [0.1, 0.15) is 11.0 Å². The molecule has 2 amide bonds. The van der Waals surface area contributed by atoms with Gasteiger partial charge in [0, 0.05) is 25.2 Å². The third kappa shape index (κ3) is 2.91. The molecule has 2 heterocycles. The Labute approximate surface area is 149 Å². The number of aromatic nitrogens is 2. The van der Waals surface area contributed by atoms with Crippen LogP contribution in [0.1, 0.15) is 29.6 Å². The van der Waals surface area contributed by atoms with Crippen molar-refractivity contribution in [1.82, 2.24) is 20.5 Å². The van der Waals surface area contributed by atoms with Crippen molar-refractivity contribution >= 4 is 22.8 Å². The van der Waals surface area contributed by atoms with E-state index in [4.69, 9.17) is 5.11 Å². The van der Waals surface area contributed by atoms with Crippen LogP contribution in [0.3, 0.4) is 0 Å². The van der Waals surface area contributed by atoms with Crippen LogP contribution in [0.4, 0.5) is 0 Å². The predicted octanol–water partition coefficient (Wildman–Crippen LogP) is 1.65. The highest BCUT2D eigenvalue weighted by Gasteiger charge is 2.54. The van der Waals surface area contributed by atoms with E-state index in [0.29, 0.717) is 42.1 Å². The van der Waals surface area contributed by atoms with Gasteiger partial charge in [-0.25, -0.2) is 4.63 Å². The van der Waals surface area contributed by atoms with Crippen molar-refractivity contribution in [3.63, 3.8) is 0 Å². The molecule has 1 unspecified atom stereocenters. The number of rotatable bonds is 4. The maximum absolute atomic E-state index is 12.7. The summed E-state index contributed by atoms with van der Waals surface area (Å²) in [6.45, 7) is 5.16. The normalized spacial score (nSPS) is 20.9. The fraction of sp³-hybridized carbons (Fsp3) is 0.444. The Kier molecular flexibility index (Phi) is 3.90. The first-order chi connectivity index (χ1) is 12.5. The van der Waals surface area contributed by atoms with E-state index < -0.39 is 11.7 Å². The van der Waals surface area contributed by atoms with Gasteiger partial charge in [-0.15, -0.1) is 0 Å². The lowest BCUT2D eigenvalue weighted by molar-refractivity contribution is -0.120. The molecule has 1 aliphatic carbocycles. The maximum atomic E-state index is 12.7.